The molecule has 0 heterocycles. The van der Waals surface area contributed by atoms with E-state index in [9.17, 15) is 13.2 Å². The van der Waals surface area contributed by atoms with Crippen LogP contribution in [0.25, 0.3) is 11.1 Å². The predicted molar refractivity (Wildman–Crippen MR) is 93.9 cm³/mol. The molecule has 0 aromatic heterocycles. The average molecular weight is 360 g/mol. The summed E-state index contributed by atoms with van der Waals surface area (Å²) in [5.74, 6) is 0.833. The van der Waals surface area contributed by atoms with Gasteiger partial charge in [0.05, 0.1) is 0 Å². The van der Waals surface area contributed by atoms with Crippen molar-refractivity contribution in [1.82, 2.24) is 0 Å². The van der Waals surface area contributed by atoms with E-state index >= 15 is 0 Å². The number of hydrogen-bond acceptors (Lipinski definition) is 4. The Bertz CT molecular complexity index is 872. The summed E-state index contributed by atoms with van der Waals surface area (Å²) in [7, 11) is 0. The van der Waals surface area contributed by atoms with Crippen LogP contribution in [0, 0.1) is 0 Å². The van der Waals surface area contributed by atoms with Crippen molar-refractivity contribution in [3.63, 3.8) is 0 Å². The Labute approximate surface area is 147 Å². The number of rotatable bonds is 4. The van der Waals surface area contributed by atoms with Gasteiger partial charge in [-0.2, -0.15) is 0 Å². The number of nitrogen functional groups attached to an aromatic ring is 2. The summed E-state index contributed by atoms with van der Waals surface area (Å²) in [5.41, 5.74) is 14.0. The molecular weight excluding hydrogens is 345 g/mol. The highest BCUT2D eigenvalue weighted by molar-refractivity contribution is 5.65. The van der Waals surface area contributed by atoms with Crippen molar-refractivity contribution in [2.75, 3.05) is 11.5 Å². The largest absolute Gasteiger partial charge is 0.573 e. The second kappa shape index (κ2) is 6.87. The van der Waals surface area contributed by atoms with Crippen LogP contribution < -0.4 is 20.9 Å². The number of alkyl halides is 3. The van der Waals surface area contributed by atoms with Crippen molar-refractivity contribution >= 4 is 11.4 Å². The van der Waals surface area contributed by atoms with Gasteiger partial charge in [-0.1, -0.05) is 24.3 Å². The van der Waals surface area contributed by atoms with E-state index in [1.807, 2.05) is 0 Å². The van der Waals surface area contributed by atoms with E-state index in [0.29, 0.717) is 22.9 Å². The lowest BCUT2D eigenvalue weighted by Crippen LogP contribution is -2.16. The molecule has 0 saturated heterocycles. The lowest BCUT2D eigenvalue weighted by molar-refractivity contribution is -0.274. The van der Waals surface area contributed by atoms with E-state index in [1.54, 1.807) is 54.6 Å². The Kier molecular flexibility index (Phi) is 4.62. The predicted octanol–water partition coefficient (Wildman–Crippen LogP) is 5.21. The molecule has 3 aromatic carbocycles. The zero-order valence-electron chi connectivity index (χ0n) is 13.5. The Hall–Kier alpha value is -3.35. The first-order valence-corrected chi connectivity index (χ1v) is 7.59. The van der Waals surface area contributed by atoms with Crippen LogP contribution in [0.5, 0.6) is 17.2 Å². The normalized spacial score (nSPS) is 11.2. The molecule has 26 heavy (non-hydrogen) atoms. The molecule has 0 radical (unpaired) electrons. The van der Waals surface area contributed by atoms with Gasteiger partial charge in [0.25, 0.3) is 0 Å². The number of benzene rings is 3. The summed E-state index contributed by atoms with van der Waals surface area (Å²) >= 11 is 0. The highest BCUT2D eigenvalue weighted by atomic mass is 19.4. The van der Waals surface area contributed by atoms with Gasteiger partial charge in [0, 0.05) is 23.5 Å². The third kappa shape index (κ3) is 4.60. The first-order valence-electron chi connectivity index (χ1n) is 7.59. The molecule has 0 spiro atoms. The zero-order chi connectivity index (χ0) is 18.7. The molecule has 0 saturated carbocycles. The van der Waals surface area contributed by atoms with Gasteiger partial charge in [-0.3, -0.25) is 0 Å². The maximum atomic E-state index is 12.2. The Morgan fingerprint density at radius 3 is 1.54 bits per heavy atom. The van der Waals surface area contributed by atoms with Crippen LogP contribution in [0.2, 0.25) is 0 Å². The molecule has 0 bridgehead atoms. The molecule has 0 aliphatic carbocycles. The molecule has 0 amide bonds. The van der Waals surface area contributed by atoms with Crippen LogP contribution in [0.1, 0.15) is 0 Å². The van der Waals surface area contributed by atoms with Gasteiger partial charge in [-0.15, -0.1) is 13.2 Å². The van der Waals surface area contributed by atoms with Crippen molar-refractivity contribution in [3.8, 4) is 28.4 Å². The standard InChI is InChI=1S/C19H15F3N2O2/c20-19(21,22)26-17-7-3-13(4-8-17)12-1-5-16(6-2-12)25-18-10-14(23)9-15(24)11-18/h1-11H,23-24H2. The molecule has 134 valence electrons. The lowest BCUT2D eigenvalue weighted by atomic mass is 10.1. The number of anilines is 2. The number of ether oxygens (including phenoxy) is 2. The van der Waals surface area contributed by atoms with Gasteiger partial charge < -0.3 is 20.9 Å². The Morgan fingerprint density at radius 2 is 1.08 bits per heavy atom. The summed E-state index contributed by atoms with van der Waals surface area (Å²) in [6.45, 7) is 0. The van der Waals surface area contributed by atoms with Crippen LogP contribution in [-0.2, 0) is 0 Å². The molecule has 3 rings (SSSR count). The van der Waals surface area contributed by atoms with E-state index in [-0.39, 0.29) is 5.75 Å². The molecule has 0 aliphatic rings. The maximum Gasteiger partial charge on any atom is 0.573 e. The highest BCUT2D eigenvalue weighted by Gasteiger charge is 2.30. The minimum atomic E-state index is -4.70. The first kappa shape index (κ1) is 17.5. The van der Waals surface area contributed by atoms with E-state index in [4.69, 9.17) is 16.2 Å². The van der Waals surface area contributed by atoms with Gasteiger partial charge in [0.2, 0.25) is 0 Å². The first-order chi connectivity index (χ1) is 12.3. The lowest BCUT2D eigenvalue weighted by Gasteiger charge is -2.10. The van der Waals surface area contributed by atoms with Gasteiger partial charge >= 0.3 is 6.36 Å². The van der Waals surface area contributed by atoms with E-state index in [2.05, 4.69) is 4.74 Å². The molecule has 4 N–H and O–H groups in total. The van der Waals surface area contributed by atoms with Gasteiger partial charge in [-0.25, -0.2) is 0 Å². The Morgan fingerprint density at radius 1 is 0.615 bits per heavy atom. The van der Waals surface area contributed by atoms with E-state index in [0.717, 1.165) is 11.1 Å². The molecule has 0 fully saturated rings. The van der Waals surface area contributed by atoms with Crippen molar-refractivity contribution in [3.05, 3.63) is 66.7 Å². The molecule has 4 nitrogen and oxygen atoms in total. The molecular formula is C19H15F3N2O2. The SMILES string of the molecule is Nc1cc(N)cc(Oc2ccc(-c3ccc(OC(F)(F)F)cc3)cc2)c1. The number of nitrogens with two attached hydrogens (primary N) is 2. The quantitative estimate of drug-likeness (QED) is 0.627. The molecule has 0 unspecified atom stereocenters. The summed E-state index contributed by atoms with van der Waals surface area (Å²) in [6.07, 6.45) is -4.70. The number of halogens is 3. The summed E-state index contributed by atoms with van der Waals surface area (Å²) < 4.78 is 46.1. The smallest absolute Gasteiger partial charge is 0.457 e. The Balaban J connectivity index is 1.73. The van der Waals surface area contributed by atoms with Crippen LogP contribution in [0.3, 0.4) is 0 Å². The number of hydrogen-bond donors (Lipinski definition) is 2. The van der Waals surface area contributed by atoms with Crippen LogP contribution >= 0.6 is 0 Å². The molecule has 0 atom stereocenters. The van der Waals surface area contributed by atoms with E-state index in [1.165, 1.54) is 12.1 Å². The van der Waals surface area contributed by atoms with Crippen LogP contribution in [0.4, 0.5) is 24.5 Å². The van der Waals surface area contributed by atoms with Crippen LogP contribution in [0.15, 0.2) is 66.7 Å². The monoisotopic (exact) mass is 360 g/mol. The fourth-order valence-corrected chi connectivity index (χ4v) is 2.41. The van der Waals surface area contributed by atoms with Crippen molar-refractivity contribution in [1.29, 1.82) is 0 Å². The highest BCUT2D eigenvalue weighted by Crippen LogP contribution is 2.30. The van der Waals surface area contributed by atoms with Gasteiger partial charge in [-0.05, 0) is 41.5 Å². The average Bonchev–Trinajstić information content (AvgIpc) is 2.54. The molecule has 0 aliphatic heterocycles. The second-order valence-corrected chi connectivity index (χ2v) is 5.53. The summed E-state index contributed by atoms with van der Waals surface area (Å²) in [4.78, 5) is 0. The van der Waals surface area contributed by atoms with Crippen molar-refractivity contribution < 1.29 is 22.6 Å². The van der Waals surface area contributed by atoms with Gasteiger partial charge in [0.1, 0.15) is 17.2 Å². The molecule has 3 aromatic rings. The van der Waals surface area contributed by atoms with Crippen molar-refractivity contribution in [2.45, 2.75) is 6.36 Å². The van der Waals surface area contributed by atoms with Crippen LogP contribution in [-0.4, -0.2) is 6.36 Å². The third-order valence-electron chi connectivity index (χ3n) is 3.46. The summed E-state index contributed by atoms with van der Waals surface area (Å²) in [6, 6.07) is 17.7. The summed E-state index contributed by atoms with van der Waals surface area (Å²) in [5, 5.41) is 0. The minimum Gasteiger partial charge on any atom is -0.457 e. The fourth-order valence-electron chi connectivity index (χ4n) is 2.41. The fraction of sp³-hybridized carbons (Fsp3) is 0.0526. The second-order valence-electron chi connectivity index (χ2n) is 5.53. The van der Waals surface area contributed by atoms with Gasteiger partial charge in [0.15, 0.2) is 0 Å². The topological polar surface area (TPSA) is 70.5 Å². The van der Waals surface area contributed by atoms with Crippen molar-refractivity contribution in [2.24, 2.45) is 0 Å². The van der Waals surface area contributed by atoms with E-state index < -0.39 is 6.36 Å². The third-order valence-corrected chi connectivity index (χ3v) is 3.46. The maximum absolute atomic E-state index is 12.2. The zero-order valence-corrected chi connectivity index (χ0v) is 13.5. The molecule has 7 heteroatoms. The minimum absolute atomic E-state index is 0.263.